The SMILES string of the molecule is O=S(=O)(CCNc1ccc(Br)cc1)c1c(F)c(F)nc(N2CCOCC2)c1F. The minimum absolute atomic E-state index is 0.111. The van der Waals surface area contributed by atoms with E-state index in [4.69, 9.17) is 4.74 Å². The molecule has 1 aromatic carbocycles. The molecule has 0 unspecified atom stereocenters. The highest BCUT2D eigenvalue weighted by Crippen LogP contribution is 2.29. The first-order valence-electron chi connectivity index (χ1n) is 8.39. The van der Waals surface area contributed by atoms with E-state index in [9.17, 15) is 21.6 Å². The number of nitrogens with zero attached hydrogens (tertiary/aromatic N) is 2. The molecule has 0 amide bonds. The smallest absolute Gasteiger partial charge is 0.252 e. The molecule has 28 heavy (non-hydrogen) atoms. The zero-order valence-electron chi connectivity index (χ0n) is 14.6. The lowest BCUT2D eigenvalue weighted by Crippen LogP contribution is -2.38. The van der Waals surface area contributed by atoms with Crippen LogP contribution in [0.3, 0.4) is 0 Å². The molecule has 2 heterocycles. The molecule has 1 saturated heterocycles. The van der Waals surface area contributed by atoms with Gasteiger partial charge in [-0.3, -0.25) is 0 Å². The Morgan fingerprint density at radius 3 is 2.39 bits per heavy atom. The number of rotatable bonds is 6. The third kappa shape index (κ3) is 4.58. The van der Waals surface area contributed by atoms with Crippen LogP contribution in [0.25, 0.3) is 0 Å². The lowest BCUT2D eigenvalue weighted by atomic mass is 10.3. The van der Waals surface area contributed by atoms with Gasteiger partial charge in [-0.2, -0.15) is 9.37 Å². The summed E-state index contributed by atoms with van der Waals surface area (Å²) in [6.45, 7) is 0.775. The molecule has 0 spiro atoms. The van der Waals surface area contributed by atoms with Crippen LogP contribution in [0.4, 0.5) is 24.7 Å². The molecule has 0 atom stereocenters. The number of halogens is 4. The molecule has 1 aliphatic heterocycles. The fraction of sp³-hybridized carbons (Fsp3) is 0.353. The molecule has 1 N–H and O–H groups in total. The molecule has 1 aromatic heterocycles. The summed E-state index contributed by atoms with van der Waals surface area (Å²) in [4.78, 5) is 3.32. The highest BCUT2D eigenvalue weighted by atomic mass is 79.9. The van der Waals surface area contributed by atoms with Gasteiger partial charge in [0.2, 0.25) is 0 Å². The van der Waals surface area contributed by atoms with Crippen LogP contribution in [0.5, 0.6) is 0 Å². The Hall–Kier alpha value is -1.85. The number of benzene rings is 1. The molecule has 3 rings (SSSR count). The molecular formula is C17H17BrF3N3O3S. The number of sulfone groups is 1. The van der Waals surface area contributed by atoms with Gasteiger partial charge in [0.15, 0.2) is 27.3 Å². The maximum atomic E-state index is 14.8. The normalized spacial score (nSPS) is 14.9. The molecule has 0 bridgehead atoms. The summed E-state index contributed by atoms with van der Waals surface area (Å²) in [5.74, 6) is -5.99. The fourth-order valence-corrected chi connectivity index (χ4v) is 4.30. The van der Waals surface area contributed by atoms with Crippen LogP contribution in [0, 0.1) is 17.6 Å². The van der Waals surface area contributed by atoms with Crippen LogP contribution < -0.4 is 10.2 Å². The van der Waals surface area contributed by atoms with Gasteiger partial charge in [-0.05, 0) is 24.3 Å². The van der Waals surface area contributed by atoms with E-state index in [0.29, 0.717) is 5.69 Å². The van der Waals surface area contributed by atoms with Crippen LogP contribution in [-0.4, -0.2) is 52.0 Å². The molecule has 1 aliphatic rings. The Bertz CT molecular complexity index is 952. The van der Waals surface area contributed by atoms with Gasteiger partial charge in [-0.25, -0.2) is 17.2 Å². The van der Waals surface area contributed by atoms with Crippen LogP contribution in [-0.2, 0) is 14.6 Å². The lowest BCUT2D eigenvalue weighted by molar-refractivity contribution is 0.122. The van der Waals surface area contributed by atoms with Crippen molar-refractivity contribution in [1.82, 2.24) is 4.98 Å². The Balaban J connectivity index is 1.83. The zero-order valence-corrected chi connectivity index (χ0v) is 17.0. The minimum atomic E-state index is -4.44. The van der Waals surface area contributed by atoms with Crippen LogP contribution in [0.2, 0.25) is 0 Å². The summed E-state index contributed by atoms with van der Waals surface area (Å²) in [6.07, 6.45) is 0. The van der Waals surface area contributed by atoms with Crippen LogP contribution >= 0.6 is 15.9 Å². The maximum Gasteiger partial charge on any atom is 0.252 e. The first-order chi connectivity index (χ1) is 13.3. The standard InChI is InChI=1S/C17H17BrF3N3O3S/c18-11-1-3-12(4-2-11)22-5-10-28(25,26)15-13(19)16(21)23-17(14(15)20)24-6-8-27-9-7-24/h1-4,22H,5-10H2. The van der Waals surface area contributed by atoms with Gasteiger partial charge in [0.1, 0.15) is 4.90 Å². The van der Waals surface area contributed by atoms with Gasteiger partial charge in [0.05, 0.1) is 19.0 Å². The average molecular weight is 480 g/mol. The first-order valence-corrected chi connectivity index (χ1v) is 10.8. The van der Waals surface area contributed by atoms with E-state index >= 15 is 0 Å². The second kappa shape index (κ2) is 8.66. The zero-order chi connectivity index (χ0) is 20.3. The summed E-state index contributed by atoms with van der Waals surface area (Å²) in [7, 11) is -4.44. The summed E-state index contributed by atoms with van der Waals surface area (Å²) < 4.78 is 74.0. The van der Waals surface area contributed by atoms with Gasteiger partial charge in [0, 0.05) is 29.8 Å². The molecule has 0 aliphatic carbocycles. The fourth-order valence-electron chi connectivity index (χ4n) is 2.74. The van der Waals surface area contributed by atoms with Crippen molar-refractivity contribution in [2.45, 2.75) is 4.90 Å². The van der Waals surface area contributed by atoms with Gasteiger partial charge < -0.3 is 15.0 Å². The van der Waals surface area contributed by atoms with Crippen molar-refractivity contribution in [2.75, 3.05) is 48.8 Å². The number of nitrogens with one attached hydrogen (secondary N) is 1. The van der Waals surface area contributed by atoms with Crippen LogP contribution in [0.15, 0.2) is 33.6 Å². The van der Waals surface area contributed by atoms with Gasteiger partial charge in [-0.15, -0.1) is 0 Å². The average Bonchev–Trinajstić information content (AvgIpc) is 2.67. The predicted molar refractivity (Wildman–Crippen MR) is 102 cm³/mol. The second-order valence-electron chi connectivity index (χ2n) is 6.04. The van der Waals surface area contributed by atoms with E-state index in [1.807, 2.05) is 0 Å². The van der Waals surface area contributed by atoms with Crippen molar-refractivity contribution in [3.8, 4) is 0 Å². The van der Waals surface area contributed by atoms with Crippen molar-refractivity contribution in [3.63, 3.8) is 0 Å². The third-order valence-corrected chi connectivity index (χ3v) is 6.40. The molecule has 0 radical (unpaired) electrons. The molecule has 1 fully saturated rings. The number of anilines is 2. The van der Waals surface area contributed by atoms with E-state index in [-0.39, 0.29) is 32.8 Å². The van der Waals surface area contributed by atoms with E-state index < -0.39 is 43.9 Å². The quantitative estimate of drug-likeness (QED) is 0.642. The Morgan fingerprint density at radius 1 is 1.11 bits per heavy atom. The Labute approximate surface area is 168 Å². The number of pyridine rings is 1. The lowest BCUT2D eigenvalue weighted by Gasteiger charge is -2.28. The molecule has 6 nitrogen and oxygen atoms in total. The molecule has 152 valence electrons. The largest absolute Gasteiger partial charge is 0.384 e. The van der Waals surface area contributed by atoms with E-state index in [1.54, 1.807) is 24.3 Å². The van der Waals surface area contributed by atoms with Crippen molar-refractivity contribution in [3.05, 3.63) is 46.3 Å². The molecule has 11 heteroatoms. The predicted octanol–water partition coefficient (Wildman–Crippen LogP) is 2.98. The van der Waals surface area contributed by atoms with Crippen molar-refractivity contribution >= 4 is 37.3 Å². The van der Waals surface area contributed by atoms with E-state index in [2.05, 4.69) is 26.2 Å². The van der Waals surface area contributed by atoms with Gasteiger partial charge in [0.25, 0.3) is 5.95 Å². The molecule has 2 aromatic rings. The number of hydrogen-bond acceptors (Lipinski definition) is 6. The van der Waals surface area contributed by atoms with Crippen LogP contribution in [0.1, 0.15) is 0 Å². The summed E-state index contributed by atoms with van der Waals surface area (Å²) in [6, 6.07) is 6.92. The topological polar surface area (TPSA) is 71.5 Å². The summed E-state index contributed by atoms with van der Waals surface area (Å²) in [5.41, 5.74) is 0.634. The third-order valence-electron chi connectivity index (χ3n) is 4.15. The monoisotopic (exact) mass is 479 g/mol. The highest BCUT2D eigenvalue weighted by molar-refractivity contribution is 9.10. The van der Waals surface area contributed by atoms with Gasteiger partial charge in [-0.1, -0.05) is 15.9 Å². The van der Waals surface area contributed by atoms with Gasteiger partial charge >= 0.3 is 0 Å². The number of ether oxygens (including phenoxy) is 1. The van der Waals surface area contributed by atoms with E-state index in [0.717, 1.165) is 4.47 Å². The number of morpholine rings is 1. The maximum absolute atomic E-state index is 14.8. The van der Waals surface area contributed by atoms with E-state index in [1.165, 1.54) is 4.90 Å². The van der Waals surface area contributed by atoms with Crippen molar-refractivity contribution in [1.29, 1.82) is 0 Å². The summed E-state index contributed by atoms with van der Waals surface area (Å²) >= 11 is 3.28. The number of aromatic nitrogens is 1. The Kier molecular flexibility index (Phi) is 6.46. The molecule has 0 saturated carbocycles. The summed E-state index contributed by atoms with van der Waals surface area (Å²) in [5, 5.41) is 2.85. The van der Waals surface area contributed by atoms with Crippen molar-refractivity contribution in [2.24, 2.45) is 0 Å². The highest BCUT2D eigenvalue weighted by Gasteiger charge is 2.32. The Morgan fingerprint density at radius 2 is 1.75 bits per heavy atom. The molecular weight excluding hydrogens is 463 g/mol. The minimum Gasteiger partial charge on any atom is -0.384 e. The first kappa shape index (κ1) is 20.9. The van der Waals surface area contributed by atoms with Crippen molar-refractivity contribution < 1.29 is 26.3 Å². The number of hydrogen-bond donors (Lipinski definition) is 1. The second-order valence-corrected chi connectivity index (χ2v) is 9.00.